The zero-order chi connectivity index (χ0) is 29.5. The van der Waals surface area contributed by atoms with Gasteiger partial charge in [0.2, 0.25) is 0 Å². The number of amides is 1. The standard InChI is InChI=1S/C32H40N7O3/c1-38(2,11-8-37-9-14-41-15-10-37)29-7-4-22(18-23(29)21-33)27-20-26(32(34)40)31-30(35-27)25-6-5-24(19-28(25)36-31)39(3)12-16-42-17-13-39/h4-7,18-21,33H,8-17H2,1-3H3,(H2-,34,35,36,40)/q+1/p+1. The van der Waals surface area contributed by atoms with Crippen molar-refractivity contribution in [2.45, 2.75) is 0 Å². The summed E-state index contributed by atoms with van der Waals surface area (Å²) in [6.45, 7) is 8.64. The van der Waals surface area contributed by atoms with Gasteiger partial charge in [0.25, 0.3) is 5.91 Å². The fourth-order valence-electron chi connectivity index (χ4n) is 6.24. The molecule has 220 valence electrons. The molecular weight excluding hydrogens is 530 g/mol. The first-order valence-electron chi connectivity index (χ1n) is 14.7. The maximum Gasteiger partial charge on any atom is 0.250 e. The van der Waals surface area contributed by atoms with E-state index in [1.165, 1.54) is 11.9 Å². The smallest absolute Gasteiger partial charge is 0.250 e. The fourth-order valence-corrected chi connectivity index (χ4v) is 6.24. The van der Waals surface area contributed by atoms with Crippen LogP contribution in [0.15, 0.2) is 42.5 Å². The predicted octanol–water partition coefficient (Wildman–Crippen LogP) is 3.35. The number of hydrogen-bond acceptors (Lipinski definition) is 6. The molecular formula is C32H41N7O3+2. The van der Waals surface area contributed by atoms with Crippen molar-refractivity contribution in [2.24, 2.45) is 5.73 Å². The Balaban J connectivity index is 1.37. The number of carbonyl (C=O) groups is 1. The zero-order valence-corrected chi connectivity index (χ0v) is 24.8. The quantitative estimate of drug-likeness (QED) is 0.222. The number of nitrogens with one attached hydrogen (secondary N) is 2. The lowest BCUT2D eigenvalue weighted by Crippen LogP contribution is -2.53. The molecule has 2 aromatic heterocycles. The molecule has 0 saturated carbocycles. The highest BCUT2D eigenvalue weighted by Crippen LogP contribution is 2.35. The van der Waals surface area contributed by atoms with Gasteiger partial charge in [-0.3, -0.25) is 18.7 Å². The summed E-state index contributed by atoms with van der Waals surface area (Å²) in [7, 11) is 6.58. The molecule has 4 aromatic rings. The van der Waals surface area contributed by atoms with Gasteiger partial charge < -0.3 is 25.6 Å². The monoisotopic (exact) mass is 571 g/mol. The van der Waals surface area contributed by atoms with E-state index < -0.39 is 5.91 Å². The molecule has 6 rings (SSSR count). The molecule has 2 saturated heterocycles. The van der Waals surface area contributed by atoms with Crippen LogP contribution in [0.4, 0.5) is 11.4 Å². The number of fused-ring (bicyclic) bond motifs is 3. The summed E-state index contributed by atoms with van der Waals surface area (Å²) in [5.41, 5.74) is 13.2. The van der Waals surface area contributed by atoms with E-state index in [4.69, 9.17) is 25.6 Å². The number of benzene rings is 2. The number of primary amides is 1. The molecule has 0 spiro atoms. The summed E-state index contributed by atoms with van der Waals surface area (Å²) in [5, 5.41) is 9.17. The Kier molecular flexibility index (Phi) is 7.59. The third kappa shape index (κ3) is 5.32. The highest BCUT2D eigenvalue weighted by atomic mass is 16.5. The van der Waals surface area contributed by atoms with Gasteiger partial charge in [0, 0.05) is 48.9 Å². The number of carbonyl (C=O) groups excluding carboxylic acids is 1. The summed E-state index contributed by atoms with van der Waals surface area (Å²) in [6.07, 6.45) is 1.41. The van der Waals surface area contributed by atoms with Gasteiger partial charge in [0.05, 0.1) is 87.5 Å². The lowest BCUT2D eigenvalue weighted by Gasteiger charge is -2.37. The van der Waals surface area contributed by atoms with Crippen molar-refractivity contribution in [3.05, 3.63) is 53.6 Å². The van der Waals surface area contributed by atoms with Crippen molar-refractivity contribution in [1.29, 1.82) is 5.41 Å². The number of pyridine rings is 1. The zero-order valence-electron chi connectivity index (χ0n) is 24.8. The molecule has 4 N–H and O–H groups in total. The van der Waals surface area contributed by atoms with Gasteiger partial charge >= 0.3 is 0 Å². The number of nitrogens with zero attached hydrogens (tertiary/aromatic N) is 4. The van der Waals surface area contributed by atoms with E-state index in [-0.39, 0.29) is 0 Å². The number of aromatic amines is 1. The number of nitrogens with two attached hydrogens (primary N) is 1. The minimum Gasteiger partial charge on any atom is -0.379 e. The molecule has 2 fully saturated rings. The lowest BCUT2D eigenvalue weighted by molar-refractivity contribution is 0.0355. The second-order valence-electron chi connectivity index (χ2n) is 12.2. The molecule has 0 radical (unpaired) electrons. The Bertz CT molecular complexity index is 1650. The van der Waals surface area contributed by atoms with Crippen LogP contribution >= 0.6 is 0 Å². The first kappa shape index (κ1) is 28.4. The molecule has 10 heteroatoms. The van der Waals surface area contributed by atoms with Crippen LogP contribution in [0.5, 0.6) is 0 Å². The first-order valence-corrected chi connectivity index (χ1v) is 14.7. The third-order valence-corrected chi connectivity index (χ3v) is 9.09. The van der Waals surface area contributed by atoms with Crippen LogP contribution < -0.4 is 14.7 Å². The Morgan fingerprint density at radius 2 is 1.83 bits per heavy atom. The highest BCUT2D eigenvalue weighted by molar-refractivity contribution is 6.14. The number of morpholine rings is 2. The van der Waals surface area contributed by atoms with Crippen LogP contribution in [-0.2, 0) is 9.47 Å². The van der Waals surface area contributed by atoms with Gasteiger partial charge in [-0.2, -0.15) is 0 Å². The van der Waals surface area contributed by atoms with Crippen LogP contribution in [0.25, 0.3) is 33.2 Å². The van der Waals surface area contributed by atoms with E-state index in [9.17, 15) is 4.79 Å². The number of H-pyrrole nitrogens is 1. The van der Waals surface area contributed by atoms with Gasteiger partial charge in [0.15, 0.2) is 0 Å². The highest BCUT2D eigenvalue weighted by Gasteiger charge is 2.29. The summed E-state index contributed by atoms with van der Waals surface area (Å²) >= 11 is 0. The summed E-state index contributed by atoms with van der Waals surface area (Å²) < 4.78 is 12.5. The van der Waals surface area contributed by atoms with Crippen LogP contribution in [0.2, 0.25) is 0 Å². The van der Waals surface area contributed by atoms with E-state index in [1.54, 1.807) is 6.07 Å². The normalized spacial score (nSPS) is 18.0. The molecule has 0 unspecified atom stereocenters. The van der Waals surface area contributed by atoms with E-state index in [1.807, 2.05) is 12.1 Å². The Morgan fingerprint density at radius 3 is 2.55 bits per heavy atom. The van der Waals surface area contributed by atoms with E-state index in [0.717, 1.165) is 103 Å². The average Bonchev–Trinajstić information content (AvgIpc) is 3.38. The maximum atomic E-state index is 12.7. The van der Waals surface area contributed by atoms with Crippen molar-refractivity contribution in [3.8, 4) is 11.3 Å². The van der Waals surface area contributed by atoms with E-state index in [0.29, 0.717) is 21.3 Å². The largest absolute Gasteiger partial charge is 0.379 e. The van der Waals surface area contributed by atoms with E-state index in [2.05, 4.69) is 55.3 Å². The van der Waals surface area contributed by atoms with Crippen molar-refractivity contribution in [1.82, 2.24) is 23.8 Å². The molecule has 42 heavy (non-hydrogen) atoms. The summed E-state index contributed by atoms with van der Waals surface area (Å²) in [5.74, 6) is -0.507. The van der Waals surface area contributed by atoms with E-state index >= 15 is 0 Å². The number of hydrogen-bond donors (Lipinski definition) is 3. The average molecular weight is 572 g/mol. The molecule has 2 aliphatic rings. The fraction of sp³-hybridized carbons (Fsp3) is 0.406. The van der Waals surface area contributed by atoms with Gasteiger partial charge in [-0.1, -0.05) is 0 Å². The number of rotatable bonds is 8. The van der Waals surface area contributed by atoms with Crippen molar-refractivity contribution < 1.29 is 14.3 Å². The number of aromatic nitrogens is 2. The molecule has 10 nitrogen and oxygen atoms in total. The van der Waals surface area contributed by atoms with Crippen molar-refractivity contribution >= 4 is 45.4 Å². The Morgan fingerprint density at radius 1 is 1.10 bits per heavy atom. The van der Waals surface area contributed by atoms with Crippen molar-refractivity contribution in [2.75, 3.05) is 86.8 Å². The maximum absolute atomic E-state index is 12.7. The molecule has 0 bridgehead atoms. The predicted molar refractivity (Wildman–Crippen MR) is 169 cm³/mol. The number of likely N-dealkylation sites (N-methyl/N-ethyl adjacent to an activating group) is 2. The van der Waals surface area contributed by atoms with Crippen LogP contribution in [0.1, 0.15) is 15.9 Å². The molecule has 2 aliphatic heterocycles. The van der Waals surface area contributed by atoms with Gasteiger partial charge in [-0.05, 0) is 30.3 Å². The molecule has 0 atom stereocenters. The van der Waals surface area contributed by atoms with Crippen LogP contribution in [-0.4, -0.2) is 114 Å². The van der Waals surface area contributed by atoms with Crippen LogP contribution in [0, 0.1) is 5.41 Å². The second kappa shape index (κ2) is 11.2. The summed E-state index contributed by atoms with van der Waals surface area (Å²) in [4.78, 5) is 23.6. The number of quaternary nitrogens is 2. The van der Waals surface area contributed by atoms with Gasteiger partial charge in [-0.15, -0.1) is 0 Å². The molecule has 0 aliphatic carbocycles. The topological polar surface area (TPSA) is 117 Å². The first-order chi connectivity index (χ1) is 20.2. The lowest BCUT2D eigenvalue weighted by atomic mass is 10.0. The molecule has 4 heterocycles. The SMILES string of the molecule is C[N+](C)(CCN1CCOCC1)c1ccc(-c2cc(C(N)=O)c3[nH]c4cc([N+]5(C)CCOCC5)ccc4c3n2)cc1C=N. The second-order valence-corrected chi connectivity index (χ2v) is 12.2. The molecule has 1 amide bonds. The van der Waals surface area contributed by atoms with Crippen molar-refractivity contribution in [3.63, 3.8) is 0 Å². The Hall–Kier alpha value is -3.67. The minimum atomic E-state index is -0.507. The number of ether oxygens (including phenoxy) is 2. The molecule has 2 aromatic carbocycles. The third-order valence-electron chi connectivity index (χ3n) is 9.09. The van der Waals surface area contributed by atoms with Gasteiger partial charge in [-0.25, -0.2) is 4.98 Å². The Labute approximate surface area is 246 Å². The summed E-state index contributed by atoms with van der Waals surface area (Å²) in [6, 6.07) is 14.3. The van der Waals surface area contributed by atoms with Gasteiger partial charge in [0.1, 0.15) is 24.5 Å². The van der Waals surface area contributed by atoms with Crippen LogP contribution in [0.3, 0.4) is 0 Å². The minimum absolute atomic E-state index is 0.404.